The van der Waals surface area contributed by atoms with Crippen molar-refractivity contribution in [3.63, 3.8) is 0 Å². The highest BCUT2D eigenvalue weighted by atomic mass is 127. The lowest BCUT2D eigenvalue weighted by atomic mass is 10.1. The third-order valence-electron chi connectivity index (χ3n) is 3.32. The summed E-state index contributed by atoms with van der Waals surface area (Å²) in [5.74, 6) is 2.29. The smallest absolute Gasteiger partial charge is 0.224 e. The van der Waals surface area contributed by atoms with Crippen LogP contribution < -0.4 is 11.1 Å². The molecule has 1 amide bonds. The second kappa shape index (κ2) is 10.7. The van der Waals surface area contributed by atoms with Gasteiger partial charge in [0.05, 0.1) is 13.0 Å². The van der Waals surface area contributed by atoms with Crippen LogP contribution in [0.1, 0.15) is 5.56 Å². The number of carbonyl (C=O) groups excluding carboxylic acids is 1. The SMILES string of the molecule is I.NC(=NCCNC(=O)Cc1ccc(F)cc1)N1CCSCC1. The van der Waals surface area contributed by atoms with Gasteiger partial charge in [0.1, 0.15) is 5.82 Å². The molecule has 0 bridgehead atoms. The Balaban J connectivity index is 0.00000264. The summed E-state index contributed by atoms with van der Waals surface area (Å²) in [5, 5.41) is 2.79. The van der Waals surface area contributed by atoms with E-state index in [1.54, 1.807) is 12.1 Å². The van der Waals surface area contributed by atoms with E-state index in [1.807, 2.05) is 11.8 Å². The maximum atomic E-state index is 12.8. The first-order valence-electron chi connectivity index (χ1n) is 7.29. The molecule has 23 heavy (non-hydrogen) atoms. The number of rotatable bonds is 5. The minimum atomic E-state index is -0.301. The second-order valence-corrected chi connectivity index (χ2v) is 6.22. The van der Waals surface area contributed by atoms with Gasteiger partial charge in [-0.15, -0.1) is 24.0 Å². The van der Waals surface area contributed by atoms with Crippen molar-refractivity contribution in [3.05, 3.63) is 35.6 Å². The van der Waals surface area contributed by atoms with E-state index in [0.717, 1.165) is 30.2 Å². The van der Waals surface area contributed by atoms with Gasteiger partial charge >= 0.3 is 0 Å². The largest absolute Gasteiger partial charge is 0.370 e. The molecule has 1 heterocycles. The normalized spacial score (nSPS) is 15.0. The number of hydrogen-bond acceptors (Lipinski definition) is 3. The van der Waals surface area contributed by atoms with Gasteiger partial charge in [-0.1, -0.05) is 12.1 Å². The monoisotopic (exact) mass is 452 g/mol. The van der Waals surface area contributed by atoms with Crippen LogP contribution in [0.25, 0.3) is 0 Å². The van der Waals surface area contributed by atoms with Gasteiger partial charge in [0, 0.05) is 31.1 Å². The quantitative estimate of drug-likeness (QED) is 0.307. The summed E-state index contributed by atoms with van der Waals surface area (Å²) in [5.41, 5.74) is 6.71. The van der Waals surface area contributed by atoms with Crippen molar-refractivity contribution >= 4 is 47.6 Å². The topological polar surface area (TPSA) is 70.7 Å². The number of amides is 1. The first-order chi connectivity index (χ1) is 10.6. The lowest BCUT2D eigenvalue weighted by Crippen LogP contribution is -2.43. The lowest BCUT2D eigenvalue weighted by molar-refractivity contribution is -0.120. The Morgan fingerprint density at radius 1 is 1.30 bits per heavy atom. The summed E-state index contributed by atoms with van der Waals surface area (Å²) in [6.45, 7) is 2.77. The number of carbonyl (C=O) groups is 1. The van der Waals surface area contributed by atoms with E-state index >= 15 is 0 Å². The van der Waals surface area contributed by atoms with Crippen LogP contribution in [0.5, 0.6) is 0 Å². The molecular weight excluding hydrogens is 430 g/mol. The molecule has 0 aromatic heterocycles. The van der Waals surface area contributed by atoms with Gasteiger partial charge in [-0.2, -0.15) is 11.8 Å². The highest BCUT2D eigenvalue weighted by Crippen LogP contribution is 2.08. The van der Waals surface area contributed by atoms with Crippen LogP contribution in [0, 0.1) is 5.82 Å². The van der Waals surface area contributed by atoms with Crippen LogP contribution in [0.4, 0.5) is 4.39 Å². The molecule has 1 fully saturated rings. The van der Waals surface area contributed by atoms with Crippen LogP contribution in [-0.2, 0) is 11.2 Å². The van der Waals surface area contributed by atoms with Crippen molar-refractivity contribution in [2.45, 2.75) is 6.42 Å². The van der Waals surface area contributed by atoms with Gasteiger partial charge in [0.25, 0.3) is 0 Å². The van der Waals surface area contributed by atoms with Gasteiger partial charge in [-0.05, 0) is 17.7 Å². The van der Waals surface area contributed by atoms with Gasteiger partial charge in [0.2, 0.25) is 5.91 Å². The Morgan fingerprint density at radius 2 is 1.96 bits per heavy atom. The molecule has 3 N–H and O–H groups in total. The Bertz CT molecular complexity index is 521. The number of benzene rings is 1. The minimum absolute atomic E-state index is 0. The average molecular weight is 452 g/mol. The van der Waals surface area contributed by atoms with Crippen LogP contribution in [0.3, 0.4) is 0 Å². The first kappa shape index (κ1) is 20.0. The molecule has 1 aliphatic rings. The van der Waals surface area contributed by atoms with Crippen molar-refractivity contribution in [3.8, 4) is 0 Å². The van der Waals surface area contributed by atoms with E-state index < -0.39 is 0 Å². The van der Waals surface area contributed by atoms with Crippen LogP contribution in [0.15, 0.2) is 29.3 Å². The van der Waals surface area contributed by atoms with Crippen LogP contribution in [0.2, 0.25) is 0 Å². The van der Waals surface area contributed by atoms with E-state index in [0.29, 0.717) is 19.0 Å². The van der Waals surface area contributed by atoms with Crippen molar-refractivity contribution in [1.82, 2.24) is 10.2 Å². The highest BCUT2D eigenvalue weighted by Gasteiger charge is 2.11. The highest BCUT2D eigenvalue weighted by molar-refractivity contribution is 14.0. The summed E-state index contributed by atoms with van der Waals surface area (Å²) < 4.78 is 12.8. The number of thioether (sulfide) groups is 1. The predicted octanol–water partition coefficient (Wildman–Crippen LogP) is 1.47. The molecule has 0 radical (unpaired) electrons. The zero-order valence-corrected chi connectivity index (χ0v) is 16.0. The number of nitrogens with one attached hydrogen (secondary N) is 1. The molecule has 1 aromatic carbocycles. The number of nitrogens with zero attached hydrogens (tertiary/aromatic N) is 2. The molecule has 0 unspecified atom stereocenters. The fourth-order valence-electron chi connectivity index (χ4n) is 2.11. The standard InChI is InChI=1S/C15H21FN4OS.HI/c16-13-3-1-12(2-4-13)11-14(21)18-5-6-19-15(17)20-7-9-22-10-8-20;/h1-4H,5-11H2,(H2,17,19)(H,18,21);1H. The molecule has 128 valence electrons. The molecule has 0 saturated carbocycles. The fraction of sp³-hybridized carbons (Fsp3) is 0.467. The Hall–Kier alpha value is -1.03. The molecule has 1 aliphatic heterocycles. The fourth-order valence-corrected chi connectivity index (χ4v) is 3.01. The van der Waals surface area contributed by atoms with E-state index in [1.165, 1.54) is 12.1 Å². The van der Waals surface area contributed by atoms with Crippen LogP contribution >= 0.6 is 35.7 Å². The van der Waals surface area contributed by atoms with Gasteiger partial charge in [-0.25, -0.2) is 4.39 Å². The Labute approximate surface area is 157 Å². The van der Waals surface area contributed by atoms with Gasteiger partial charge in [0.15, 0.2) is 5.96 Å². The number of aliphatic imine (C=N–C) groups is 1. The van der Waals surface area contributed by atoms with Gasteiger partial charge < -0.3 is 16.0 Å². The van der Waals surface area contributed by atoms with E-state index in [9.17, 15) is 9.18 Å². The van der Waals surface area contributed by atoms with E-state index in [-0.39, 0.29) is 42.1 Å². The molecule has 0 aliphatic carbocycles. The zero-order valence-electron chi connectivity index (χ0n) is 12.8. The molecule has 1 aromatic rings. The van der Waals surface area contributed by atoms with Crippen molar-refractivity contribution in [2.75, 3.05) is 37.7 Å². The average Bonchev–Trinajstić information content (AvgIpc) is 2.54. The van der Waals surface area contributed by atoms with Crippen molar-refractivity contribution in [2.24, 2.45) is 10.7 Å². The summed E-state index contributed by atoms with van der Waals surface area (Å²) >= 11 is 1.92. The molecule has 1 saturated heterocycles. The van der Waals surface area contributed by atoms with Gasteiger partial charge in [-0.3, -0.25) is 9.79 Å². The molecule has 8 heteroatoms. The molecular formula is C15H22FIN4OS. The zero-order chi connectivity index (χ0) is 15.8. The van der Waals surface area contributed by atoms with Crippen molar-refractivity contribution in [1.29, 1.82) is 0 Å². The number of guanidine groups is 1. The molecule has 0 atom stereocenters. The minimum Gasteiger partial charge on any atom is -0.370 e. The first-order valence-corrected chi connectivity index (χ1v) is 8.44. The predicted molar refractivity (Wildman–Crippen MR) is 104 cm³/mol. The third kappa shape index (κ3) is 7.38. The summed E-state index contributed by atoms with van der Waals surface area (Å²) in [6.07, 6.45) is 0.239. The second-order valence-electron chi connectivity index (χ2n) is 4.99. The Morgan fingerprint density at radius 3 is 2.61 bits per heavy atom. The number of hydrogen-bond donors (Lipinski definition) is 2. The van der Waals surface area contributed by atoms with E-state index in [2.05, 4.69) is 15.2 Å². The summed E-state index contributed by atoms with van der Waals surface area (Å²) in [4.78, 5) is 18.1. The maximum absolute atomic E-state index is 12.8. The molecule has 2 rings (SSSR count). The molecule has 0 spiro atoms. The summed E-state index contributed by atoms with van der Waals surface area (Å²) in [6, 6.07) is 5.92. The van der Waals surface area contributed by atoms with Crippen molar-refractivity contribution < 1.29 is 9.18 Å². The number of halogens is 2. The maximum Gasteiger partial charge on any atom is 0.224 e. The number of nitrogens with two attached hydrogens (primary N) is 1. The van der Waals surface area contributed by atoms with Crippen LogP contribution in [-0.4, -0.2) is 54.5 Å². The lowest BCUT2D eigenvalue weighted by Gasteiger charge is -2.27. The summed E-state index contributed by atoms with van der Waals surface area (Å²) in [7, 11) is 0. The molecule has 5 nitrogen and oxygen atoms in total. The van der Waals surface area contributed by atoms with E-state index in [4.69, 9.17) is 5.73 Å². The Kier molecular flexibility index (Phi) is 9.30. The third-order valence-corrected chi connectivity index (χ3v) is 4.26.